The van der Waals surface area contributed by atoms with Crippen LogP contribution in [0.5, 0.6) is 0 Å². The van der Waals surface area contributed by atoms with Crippen molar-refractivity contribution in [1.82, 2.24) is 20.2 Å². The summed E-state index contributed by atoms with van der Waals surface area (Å²) in [5, 5.41) is 40.6. The first-order valence-corrected chi connectivity index (χ1v) is 5.00. The van der Waals surface area contributed by atoms with E-state index in [2.05, 4.69) is 15.5 Å². The van der Waals surface area contributed by atoms with E-state index in [0.717, 1.165) is 6.08 Å². The molecule has 0 saturated carbocycles. The lowest BCUT2D eigenvalue weighted by molar-refractivity contribution is -0.447. The molecule has 1 aliphatic carbocycles. The number of carbonyl (C=O) groups excluding carboxylic acids is 1. The molecule has 8 heteroatoms. The summed E-state index contributed by atoms with van der Waals surface area (Å²) in [5.41, 5.74) is 0.132. The number of carbonyl (C=O) groups is 1. The third-order valence-electron chi connectivity index (χ3n) is 2.64. The predicted octanol–water partition coefficient (Wildman–Crippen LogP) is -3.06. The molecule has 8 nitrogen and oxygen atoms in total. The fourth-order valence-corrected chi connectivity index (χ4v) is 1.60. The average molecular weight is 239 g/mol. The maximum atomic E-state index is 11.6. The third-order valence-corrected chi connectivity index (χ3v) is 2.64. The summed E-state index contributed by atoms with van der Waals surface area (Å²) >= 11 is 0. The Morgan fingerprint density at radius 1 is 1.53 bits per heavy atom. The molecule has 3 atom stereocenters. The van der Waals surface area contributed by atoms with Crippen LogP contribution in [0.1, 0.15) is 5.82 Å². The van der Waals surface area contributed by atoms with Crippen molar-refractivity contribution in [1.29, 1.82) is 0 Å². The minimum atomic E-state index is -1.73. The number of hydrogen-bond donors (Lipinski definition) is 2. The Bertz CT molecular complexity index is 469. The molecule has 1 heterocycles. The van der Waals surface area contributed by atoms with Crippen LogP contribution in [0.25, 0.3) is 0 Å². The van der Waals surface area contributed by atoms with Crippen molar-refractivity contribution >= 4 is 5.78 Å². The zero-order chi connectivity index (χ0) is 12.6. The van der Waals surface area contributed by atoms with Crippen LogP contribution < -0.4 is 5.11 Å². The van der Waals surface area contributed by atoms with E-state index in [1.807, 2.05) is 0 Å². The van der Waals surface area contributed by atoms with Crippen molar-refractivity contribution in [3.63, 3.8) is 0 Å². The van der Waals surface area contributed by atoms with Crippen molar-refractivity contribution < 1.29 is 20.1 Å². The second-order valence-electron chi connectivity index (χ2n) is 3.84. The highest BCUT2D eigenvalue weighted by molar-refractivity contribution is 6.00. The van der Waals surface area contributed by atoms with Crippen LogP contribution in [0.2, 0.25) is 0 Å². The van der Waals surface area contributed by atoms with E-state index in [0.29, 0.717) is 5.82 Å². The van der Waals surface area contributed by atoms with Crippen molar-refractivity contribution in [2.45, 2.75) is 31.8 Å². The summed E-state index contributed by atoms with van der Waals surface area (Å²) in [4.78, 5) is 11.6. The van der Waals surface area contributed by atoms with E-state index >= 15 is 0 Å². The fraction of sp³-hybridized carbons (Fsp3) is 0.556. The topological polar surface area (TPSA) is 124 Å². The second kappa shape index (κ2) is 4.32. The Kier molecular flexibility index (Phi) is 3.01. The molecular weight excluding hydrogens is 228 g/mol. The summed E-state index contributed by atoms with van der Waals surface area (Å²) in [7, 11) is 0. The van der Waals surface area contributed by atoms with Gasteiger partial charge in [-0.05, 0) is 23.4 Å². The lowest BCUT2D eigenvalue weighted by Gasteiger charge is -2.34. The van der Waals surface area contributed by atoms with Crippen molar-refractivity contribution in [2.24, 2.45) is 0 Å². The van der Waals surface area contributed by atoms with E-state index in [1.54, 1.807) is 6.92 Å². The number of aliphatic hydroxyl groups excluding tert-OH is 2. The summed E-state index contributed by atoms with van der Waals surface area (Å²) in [6.45, 7) is 1.68. The molecule has 2 rings (SSSR count). The van der Waals surface area contributed by atoms with Gasteiger partial charge in [-0.25, -0.2) is 4.68 Å². The van der Waals surface area contributed by atoms with Crippen LogP contribution >= 0.6 is 0 Å². The van der Waals surface area contributed by atoms with Gasteiger partial charge in [0.1, 0.15) is 11.9 Å². The molecule has 0 aliphatic heterocycles. The predicted molar refractivity (Wildman–Crippen MR) is 51.4 cm³/mol. The third kappa shape index (κ3) is 2.09. The highest BCUT2D eigenvalue weighted by atomic mass is 16.4. The molecule has 0 amide bonds. The molecule has 0 saturated heterocycles. The van der Waals surface area contributed by atoms with Crippen LogP contribution in [0, 0.1) is 6.92 Å². The van der Waals surface area contributed by atoms with Crippen molar-refractivity contribution in [2.75, 3.05) is 0 Å². The van der Waals surface area contributed by atoms with Gasteiger partial charge in [0.05, 0.1) is 12.6 Å². The van der Waals surface area contributed by atoms with Gasteiger partial charge in [-0.1, -0.05) is 6.10 Å². The lowest BCUT2D eigenvalue weighted by atomic mass is 9.91. The molecule has 0 spiro atoms. The quantitative estimate of drug-likeness (QED) is 0.561. The molecule has 0 fully saturated rings. The average Bonchev–Trinajstić information content (AvgIpc) is 2.69. The number of Topliss-reactive ketones (excluding diaryl/α,β-unsaturated/α-hetero) is 1. The molecular formula is C9H11N4O4-. The summed E-state index contributed by atoms with van der Waals surface area (Å²) in [6.07, 6.45) is -3.69. The van der Waals surface area contributed by atoms with Gasteiger partial charge in [-0.2, -0.15) is 0 Å². The first kappa shape index (κ1) is 11.8. The number of aliphatic hydroxyl groups is 2. The second-order valence-corrected chi connectivity index (χ2v) is 3.84. The van der Waals surface area contributed by atoms with Crippen LogP contribution in [0.4, 0.5) is 0 Å². The fourth-order valence-electron chi connectivity index (χ4n) is 1.60. The van der Waals surface area contributed by atoms with Gasteiger partial charge in [-0.15, -0.1) is 5.10 Å². The molecule has 1 aromatic rings. The van der Waals surface area contributed by atoms with E-state index in [-0.39, 0.29) is 12.1 Å². The van der Waals surface area contributed by atoms with Gasteiger partial charge in [-0.3, -0.25) is 4.79 Å². The number of aryl methyl sites for hydroxylation is 1. The Morgan fingerprint density at radius 2 is 2.24 bits per heavy atom. The standard InChI is InChI=1S/C9H11N4O4/c1-4-10-11-12-13(4)3-5-2-6(14)8(16)9(17)7(5)15/h2,6,8-9,14,17H,3H2,1H3/q-1. The number of aromatic nitrogens is 4. The van der Waals surface area contributed by atoms with Crippen LogP contribution in [-0.2, 0) is 11.3 Å². The minimum Gasteiger partial charge on any atom is -0.848 e. The number of rotatable bonds is 2. The zero-order valence-corrected chi connectivity index (χ0v) is 9.02. The molecule has 17 heavy (non-hydrogen) atoms. The Labute approximate surface area is 96.2 Å². The Hall–Kier alpha value is -1.64. The maximum absolute atomic E-state index is 11.6. The molecule has 2 N–H and O–H groups in total. The molecule has 0 bridgehead atoms. The molecule has 0 aromatic carbocycles. The summed E-state index contributed by atoms with van der Waals surface area (Å²) in [6, 6.07) is 0. The zero-order valence-electron chi connectivity index (χ0n) is 9.02. The molecule has 1 aliphatic rings. The minimum absolute atomic E-state index is 0.0263. The summed E-state index contributed by atoms with van der Waals surface area (Å²) in [5.74, 6) is -0.197. The molecule has 0 radical (unpaired) electrons. The largest absolute Gasteiger partial charge is 0.848 e. The van der Waals surface area contributed by atoms with Gasteiger partial charge >= 0.3 is 0 Å². The first-order chi connectivity index (χ1) is 8.00. The van der Waals surface area contributed by atoms with Gasteiger partial charge in [0.15, 0.2) is 5.78 Å². The van der Waals surface area contributed by atoms with Crippen LogP contribution in [0.3, 0.4) is 0 Å². The van der Waals surface area contributed by atoms with Gasteiger partial charge < -0.3 is 15.3 Å². The van der Waals surface area contributed by atoms with E-state index in [9.17, 15) is 20.1 Å². The number of tetrazole rings is 1. The Morgan fingerprint density at radius 3 is 2.82 bits per heavy atom. The van der Waals surface area contributed by atoms with Crippen LogP contribution in [0.15, 0.2) is 11.6 Å². The van der Waals surface area contributed by atoms with E-state index in [4.69, 9.17) is 0 Å². The molecule has 92 valence electrons. The first-order valence-electron chi connectivity index (χ1n) is 5.00. The van der Waals surface area contributed by atoms with E-state index in [1.165, 1.54) is 4.68 Å². The maximum Gasteiger partial charge on any atom is 0.187 e. The highest BCUT2D eigenvalue weighted by Gasteiger charge is 2.31. The Balaban J connectivity index is 2.24. The van der Waals surface area contributed by atoms with Gasteiger partial charge in [0, 0.05) is 5.57 Å². The highest BCUT2D eigenvalue weighted by Crippen LogP contribution is 2.16. The number of hydrogen-bond acceptors (Lipinski definition) is 7. The lowest BCUT2D eigenvalue weighted by Crippen LogP contribution is -2.54. The summed E-state index contributed by atoms with van der Waals surface area (Å²) < 4.78 is 1.34. The molecule has 3 unspecified atom stereocenters. The van der Waals surface area contributed by atoms with Gasteiger partial charge in [0.25, 0.3) is 0 Å². The molecule has 1 aromatic heterocycles. The smallest absolute Gasteiger partial charge is 0.187 e. The van der Waals surface area contributed by atoms with E-state index < -0.39 is 24.1 Å². The normalized spacial score (nSPS) is 29.3. The SMILES string of the molecule is Cc1nnnn1CC1=CC(O)C([O-])C(O)C1=O. The van der Waals surface area contributed by atoms with Gasteiger partial charge in [0.2, 0.25) is 0 Å². The monoisotopic (exact) mass is 239 g/mol. The van der Waals surface area contributed by atoms with Crippen LogP contribution in [-0.4, -0.2) is 54.5 Å². The van der Waals surface area contributed by atoms with Crippen molar-refractivity contribution in [3.05, 3.63) is 17.5 Å². The van der Waals surface area contributed by atoms with Crippen molar-refractivity contribution in [3.8, 4) is 0 Å². The number of ketones is 1. The number of nitrogens with zero attached hydrogens (tertiary/aromatic N) is 4.